The number of aromatic nitrogens is 2. The van der Waals surface area contributed by atoms with Crippen LogP contribution in [0.25, 0.3) is 22.3 Å². The van der Waals surface area contributed by atoms with Crippen LogP contribution in [0.3, 0.4) is 0 Å². The lowest BCUT2D eigenvalue weighted by molar-refractivity contribution is 0.0313. The largest absolute Gasteiger partial charge is 0.507 e. The molecule has 1 aliphatic rings. The van der Waals surface area contributed by atoms with Gasteiger partial charge in [0.1, 0.15) is 5.75 Å². The van der Waals surface area contributed by atoms with Crippen molar-refractivity contribution in [3.05, 3.63) is 53.7 Å². The summed E-state index contributed by atoms with van der Waals surface area (Å²) in [6, 6.07) is 12.8. The number of hydrogen-bond donors (Lipinski definition) is 3. The summed E-state index contributed by atoms with van der Waals surface area (Å²) in [5, 5.41) is 15.7. The zero-order valence-electron chi connectivity index (χ0n) is 18.6. The van der Waals surface area contributed by atoms with Gasteiger partial charge in [0, 0.05) is 5.39 Å². The molecule has 1 aromatic heterocycles. The third kappa shape index (κ3) is 3.99. The number of phenolic OH excluding ortho intramolecular Hbond substituents is 1. The molecule has 1 amide bonds. The van der Waals surface area contributed by atoms with Crippen molar-refractivity contribution in [3.63, 3.8) is 0 Å². The van der Waals surface area contributed by atoms with Gasteiger partial charge in [-0.25, -0.2) is 25.6 Å². The molecule has 1 atom stereocenters. The fourth-order valence-electron chi connectivity index (χ4n) is 4.05. The predicted molar refractivity (Wildman–Crippen MR) is 123 cm³/mol. The number of carbonyl (C=O) groups excluding carboxylic acids is 1. The molecular formula is C24H29N5O3. The number of nitrogens with one attached hydrogen (secondary N) is 1. The fraction of sp³-hybridized carbons (Fsp3) is 0.375. The van der Waals surface area contributed by atoms with Gasteiger partial charge in [-0.1, -0.05) is 38.1 Å². The highest BCUT2D eigenvalue weighted by Crippen LogP contribution is 2.38. The van der Waals surface area contributed by atoms with E-state index >= 15 is 0 Å². The number of nitrogens with zero attached hydrogens (tertiary/aromatic N) is 3. The summed E-state index contributed by atoms with van der Waals surface area (Å²) >= 11 is 0. The minimum absolute atomic E-state index is 0.0832. The first kappa shape index (κ1) is 22.0. The third-order valence-electron chi connectivity index (χ3n) is 5.67. The van der Waals surface area contributed by atoms with Crippen molar-refractivity contribution in [2.24, 2.45) is 11.8 Å². The van der Waals surface area contributed by atoms with E-state index in [2.05, 4.69) is 5.32 Å². The second-order valence-corrected chi connectivity index (χ2v) is 8.66. The van der Waals surface area contributed by atoms with E-state index in [1.165, 1.54) is 0 Å². The number of fused-ring (bicyclic) bond motifs is 1. The van der Waals surface area contributed by atoms with Crippen molar-refractivity contribution < 1.29 is 14.6 Å². The van der Waals surface area contributed by atoms with E-state index in [0.717, 1.165) is 22.4 Å². The van der Waals surface area contributed by atoms with Crippen LogP contribution in [0.5, 0.6) is 5.75 Å². The van der Waals surface area contributed by atoms with Crippen molar-refractivity contribution in [2.45, 2.75) is 39.3 Å². The molecule has 168 valence electrons. The van der Waals surface area contributed by atoms with Crippen molar-refractivity contribution in [1.82, 2.24) is 20.3 Å². The molecule has 0 spiro atoms. The quantitative estimate of drug-likeness (QED) is 0.317. The Morgan fingerprint density at radius 3 is 2.75 bits per heavy atom. The molecule has 0 saturated carbocycles. The highest BCUT2D eigenvalue weighted by molar-refractivity contribution is 5.85. The van der Waals surface area contributed by atoms with E-state index in [9.17, 15) is 9.90 Å². The van der Waals surface area contributed by atoms with Crippen molar-refractivity contribution in [1.29, 1.82) is 0 Å². The number of amides is 1. The number of phenols is 1. The second-order valence-electron chi connectivity index (χ2n) is 8.66. The summed E-state index contributed by atoms with van der Waals surface area (Å²) in [4.78, 5) is 22.4. The molecule has 3 aromatic rings. The summed E-state index contributed by atoms with van der Waals surface area (Å²) in [6.07, 6.45) is 0.769. The van der Waals surface area contributed by atoms with Gasteiger partial charge in [0.25, 0.3) is 0 Å². The van der Waals surface area contributed by atoms with Crippen LogP contribution in [0.15, 0.2) is 42.5 Å². The van der Waals surface area contributed by atoms with Gasteiger partial charge in [0.05, 0.1) is 23.4 Å². The van der Waals surface area contributed by atoms with Crippen LogP contribution in [0.4, 0.5) is 4.79 Å². The molecule has 0 radical (unpaired) electrons. The molecule has 8 nitrogen and oxygen atoms in total. The number of aryl methyl sites for hydroxylation is 1. The Kier molecular flexibility index (Phi) is 5.99. The molecule has 0 bridgehead atoms. The summed E-state index contributed by atoms with van der Waals surface area (Å²) in [7, 11) is 0. The van der Waals surface area contributed by atoms with Gasteiger partial charge in [-0.2, -0.15) is 0 Å². The molecule has 4 rings (SSSR count). The van der Waals surface area contributed by atoms with Gasteiger partial charge >= 0.3 is 6.09 Å². The second kappa shape index (κ2) is 8.72. The topological polar surface area (TPSA) is 114 Å². The van der Waals surface area contributed by atoms with Gasteiger partial charge in [-0.3, -0.25) is 5.32 Å². The van der Waals surface area contributed by atoms with E-state index in [4.69, 9.17) is 20.5 Å². The lowest BCUT2D eigenvalue weighted by Gasteiger charge is -2.37. The Bertz CT molecular complexity index is 1140. The molecule has 0 aliphatic carbocycles. The average Bonchev–Trinajstić information content (AvgIpc) is 3.27. The highest BCUT2D eigenvalue weighted by atomic mass is 16.6. The number of rotatable bonds is 5. The van der Waals surface area contributed by atoms with Crippen molar-refractivity contribution in [3.8, 4) is 17.1 Å². The molecule has 1 saturated heterocycles. The van der Waals surface area contributed by atoms with Crippen LogP contribution in [0.2, 0.25) is 0 Å². The third-order valence-corrected chi connectivity index (χ3v) is 5.67. The predicted octanol–water partition coefficient (Wildman–Crippen LogP) is 3.82. The van der Waals surface area contributed by atoms with E-state index in [1.54, 1.807) is 18.2 Å². The van der Waals surface area contributed by atoms with Crippen LogP contribution in [0.1, 0.15) is 37.9 Å². The van der Waals surface area contributed by atoms with Gasteiger partial charge in [0.15, 0.2) is 11.5 Å². The number of ether oxygens (including phenoxy) is 1. The Balaban J connectivity index is 1.90. The van der Waals surface area contributed by atoms with E-state index in [1.807, 2.05) is 45.0 Å². The summed E-state index contributed by atoms with van der Waals surface area (Å²) in [5.74, 6) is 7.04. The molecule has 0 unspecified atom stereocenters. The number of aromatic hydroxyl groups is 1. The molecule has 1 fully saturated rings. The summed E-state index contributed by atoms with van der Waals surface area (Å²) in [6.45, 7) is 6.88. The van der Waals surface area contributed by atoms with Gasteiger partial charge in [0.2, 0.25) is 0 Å². The normalized spacial score (nSPS) is 18.3. The first-order valence-corrected chi connectivity index (χ1v) is 10.9. The van der Waals surface area contributed by atoms with Crippen molar-refractivity contribution in [2.75, 3.05) is 13.2 Å². The Morgan fingerprint density at radius 1 is 1.28 bits per heavy atom. The summed E-state index contributed by atoms with van der Waals surface area (Å²) < 4.78 is 5.43. The number of benzene rings is 2. The minimum Gasteiger partial charge on any atom is -0.507 e. The number of nitrogens with two attached hydrogens (primary N) is 1. The lowest BCUT2D eigenvalue weighted by Crippen LogP contribution is -2.59. The maximum Gasteiger partial charge on any atom is 0.426 e. The van der Waals surface area contributed by atoms with E-state index in [0.29, 0.717) is 35.6 Å². The van der Waals surface area contributed by atoms with Gasteiger partial charge in [-0.05, 0) is 56.0 Å². The fourth-order valence-corrected chi connectivity index (χ4v) is 4.05. The first-order chi connectivity index (χ1) is 15.3. The smallest absolute Gasteiger partial charge is 0.426 e. The molecular weight excluding hydrogens is 406 g/mol. The van der Waals surface area contributed by atoms with E-state index < -0.39 is 11.8 Å². The standard InChI is InChI=1S/C24H29N5O3/c1-15(2)14-32-23(31)29(25)24(11-6-12-26-24)21-17-10-9-16(3)13-19(17)27-22(28-21)18-7-4-5-8-20(18)30/h4-5,7-10,13,15,26,30H,6,11-12,14,25H2,1-3H3/t24-/m1/s1. The first-order valence-electron chi connectivity index (χ1n) is 10.9. The molecule has 1 aliphatic heterocycles. The van der Waals surface area contributed by atoms with Crippen LogP contribution in [0, 0.1) is 12.8 Å². The Morgan fingerprint density at radius 2 is 2.06 bits per heavy atom. The van der Waals surface area contributed by atoms with E-state index in [-0.39, 0.29) is 18.3 Å². The van der Waals surface area contributed by atoms with Gasteiger partial charge < -0.3 is 9.84 Å². The Labute approximate surface area is 187 Å². The maximum atomic E-state index is 12.9. The maximum absolute atomic E-state index is 12.9. The van der Waals surface area contributed by atoms with Crippen LogP contribution >= 0.6 is 0 Å². The summed E-state index contributed by atoms with van der Waals surface area (Å²) in [5.41, 5.74) is 1.80. The molecule has 8 heteroatoms. The van der Waals surface area contributed by atoms with Crippen molar-refractivity contribution >= 4 is 17.0 Å². The number of hydrogen-bond acceptors (Lipinski definition) is 7. The lowest BCUT2D eigenvalue weighted by atomic mass is 9.97. The van der Waals surface area contributed by atoms with Crippen LogP contribution < -0.4 is 11.2 Å². The monoisotopic (exact) mass is 435 g/mol. The molecule has 32 heavy (non-hydrogen) atoms. The molecule has 2 aromatic carbocycles. The van der Waals surface area contributed by atoms with Crippen LogP contribution in [-0.2, 0) is 10.4 Å². The minimum atomic E-state index is -1.05. The van der Waals surface area contributed by atoms with Crippen LogP contribution in [-0.4, -0.2) is 39.3 Å². The number of para-hydroxylation sites is 1. The Hall–Kier alpha value is -3.23. The zero-order valence-corrected chi connectivity index (χ0v) is 18.6. The number of hydrazine groups is 1. The molecule has 2 heterocycles. The highest BCUT2D eigenvalue weighted by Gasteiger charge is 2.46. The zero-order chi connectivity index (χ0) is 22.9. The SMILES string of the molecule is Cc1ccc2c([C@]3(N(N)C(=O)OCC(C)C)CCCN3)nc(-c3ccccc3O)nc2c1. The average molecular weight is 436 g/mol. The number of carbonyl (C=O) groups is 1. The van der Waals surface area contributed by atoms with Gasteiger partial charge in [-0.15, -0.1) is 0 Å². The molecule has 4 N–H and O–H groups in total.